The van der Waals surface area contributed by atoms with Crippen molar-refractivity contribution in [3.63, 3.8) is 0 Å². The molecule has 0 atom stereocenters. The first-order valence-electron chi connectivity index (χ1n) is 9.78. The van der Waals surface area contributed by atoms with Crippen LogP contribution in [0.2, 0.25) is 0 Å². The van der Waals surface area contributed by atoms with Gasteiger partial charge in [-0.3, -0.25) is 0 Å². The highest BCUT2D eigenvalue weighted by Gasteiger charge is 2.20. The molecule has 1 N–H and O–H groups in total. The van der Waals surface area contributed by atoms with Crippen molar-refractivity contribution in [2.24, 2.45) is 0 Å². The molecule has 3 aromatic rings. The average molecular weight is 390 g/mol. The number of hydrogen-bond donors (Lipinski definition) is 1. The van der Waals surface area contributed by atoms with Gasteiger partial charge in [0.05, 0.1) is 14.2 Å². The zero-order valence-corrected chi connectivity index (χ0v) is 17.1. The SMILES string of the molecule is COc1cc2c(cc1OC)CN(c1ccnc(NCc3ccccc3C)n1)CC2. The molecule has 1 aromatic heterocycles. The summed E-state index contributed by atoms with van der Waals surface area (Å²) in [5.74, 6) is 3.11. The van der Waals surface area contributed by atoms with E-state index in [0.29, 0.717) is 12.5 Å². The van der Waals surface area contributed by atoms with Gasteiger partial charge in [-0.25, -0.2) is 4.98 Å². The molecule has 4 rings (SSSR count). The molecule has 6 heteroatoms. The number of nitrogens with zero attached hydrogens (tertiary/aromatic N) is 3. The number of aryl methyl sites for hydroxylation is 1. The molecule has 6 nitrogen and oxygen atoms in total. The van der Waals surface area contributed by atoms with E-state index >= 15 is 0 Å². The lowest BCUT2D eigenvalue weighted by atomic mass is 9.99. The monoisotopic (exact) mass is 390 g/mol. The van der Waals surface area contributed by atoms with Crippen LogP contribution in [0, 0.1) is 6.92 Å². The first-order valence-corrected chi connectivity index (χ1v) is 9.78. The van der Waals surface area contributed by atoms with Crippen LogP contribution in [0.15, 0.2) is 48.7 Å². The van der Waals surface area contributed by atoms with Gasteiger partial charge in [-0.1, -0.05) is 24.3 Å². The Bertz CT molecular complexity index is 1010. The Morgan fingerprint density at radius 1 is 1.03 bits per heavy atom. The van der Waals surface area contributed by atoms with Crippen LogP contribution in [0.3, 0.4) is 0 Å². The standard InChI is InChI=1S/C23H26N4O2/c1-16-6-4-5-7-18(16)14-25-23-24-10-8-22(26-23)27-11-9-17-12-20(28-2)21(29-3)13-19(17)15-27/h4-8,10,12-13H,9,11,14-15H2,1-3H3,(H,24,25,26). The predicted molar refractivity (Wildman–Crippen MR) is 115 cm³/mol. The molecular formula is C23H26N4O2. The summed E-state index contributed by atoms with van der Waals surface area (Å²) < 4.78 is 10.9. The molecule has 0 unspecified atom stereocenters. The Morgan fingerprint density at radius 3 is 2.55 bits per heavy atom. The number of nitrogens with one attached hydrogen (secondary N) is 1. The Balaban J connectivity index is 1.50. The maximum atomic E-state index is 5.47. The van der Waals surface area contributed by atoms with Crippen molar-refractivity contribution < 1.29 is 9.47 Å². The lowest BCUT2D eigenvalue weighted by Gasteiger charge is -2.30. The summed E-state index contributed by atoms with van der Waals surface area (Å²) in [6, 6.07) is 14.5. The van der Waals surface area contributed by atoms with Crippen molar-refractivity contribution in [1.29, 1.82) is 0 Å². The average Bonchev–Trinajstić information content (AvgIpc) is 2.77. The molecule has 29 heavy (non-hydrogen) atoms. The van der Waals surface area contributed by atoms with E-state index in [0.717, 1.165) is 36.8 Å². The number of aromatic nitrogens is 2. The van der Waals surface area contributed by atoms with E-state index in [-0.39, 0.29) is 0 Å². The lowest BCUT2D eigenvalue weighted by Crippen LogP contribution is -2.31. The summed E-state index contributed by atoms with van der Waals surface area (Å²) in [4.78, 5) is 11.4. The summed E-state index contributed by atoms with van der Waals surface area (Å²) in [6.07, 6.45) is 2.75. The second kappa shape index (κ2) is 8.39. The zero-order chi connectivity index (χ0) is 20.2. The van der Waals surface area contributed by atoms with Crippen molar-refractivity contribution in [3.05, 3.63) is 70.9 Å². The van der Waals surface area contributed by atoms with Crippen LogP contribution in [0.5, 0.6) is 11.5 Å². The number of rotatable bonds is 6. The molecular weight excluding hydrogens is 364 g/mol. The van der Waals surface area contributed by atoms with E-state index < -0.39 is 0 Å². The molecule has 0 aliphatic carbocycles. The summed E-state index contributed by atoms with van der Waals surface area (Å²) >= 11 is 0. The van der Waals surface area contributed by atoms with E-state index in [9.17, 15) is 0 Å². The van der Waals surface area contributed by atoms with Gasteiger partial charge in [-0.15, -0.1) is 0 Å². The predicted octanol–water partition coefficient (Wildman–Crippen LogP) is 3.98. The number of ether oxygens (including phenoxy) is 2. The summed E-state index contributed by atoms with van der Waals surface area (Å²) in [7, 11) is 3.34. The fraction of sp³-hybridized carbons (Fsp3) is 0.304. The summed E-state index contributed by atoms with van der Waals surface area (Å²) in [5.41, 5.74) is 5.04. The summed E-state index contributed by atoms with van der Waals surface area (Å²) in [5, 5.41) is 3.35. The van der Waals surface area contributed by atoms with Crippen LogP contribution >= 0.6 is 0 Å². The van der Waals surface area contributed by atoms with Gasteiger partial charge in [-0.05, 0) is 53.8 Å². The third-order valence-corrected chi connectivity index (χ3v) is 5.38. The number of benzene rings is 2. The van der Waals surface area contributed by atoms with Gasteiger partial charge in [0.25, 0.3) is 0 Å². The van der Waals surface area contributed by atoms with Crippen LogP contribution in [0.25, 0.3) is 0 Å². The normalized spacial score (nSPS) is 13.0. The highest BCUT2D eigenvalue weighted by Crippen LogP contribution is 2.34. The van der Waals surface area contributed by atoms with Crippen LogP contribution in [0.1, 0.15) is 22.3 Å². The second-order valence-corrected chi connectivity index (χ2v) is 7.17. The fourth-order valence-corrected chi connectivity index (χ4v) is 3.67. The topological polar surface area (TPSA) is 59.5 Å². The van der Waals surface area contributed by atoms with Gasteiger partial charge in [0.15, 0.2) is 11.5 Å². The van der Waals surface area contributed by atoms with Crippen LogP contribution < -0.4 is 19.7 Å². The summed E-state index contributed by atoms with van der Waals surface area (Å²) in [6.45, 7) is 4.50. The van der Waals surface area contributed by atoms with Gasteiger partial charge in [-0.2, -0.15) is 4.98 Å². The number of anilines is 2. The molecule has 0 fully saturated rings. The second-order valence-electron chi connectivity index (χ2n) is 7.17. The molecule has 0 saturated carbocycles. The van der Waals surface area contributed by atoms with E-state index in [4.69, 9.17) is 14.5 Å². The first-order chi connectivity index (χ1) is 14.2. The van der Waals surface area contributed by atoms with Crippen molar-refractivity contribution >= 4 is 11.8 Å². The maximum Gasteiger partial charge on any atom is 0.224 e. The van der Waals surface area contributed by atoms with Gasteiger partial charge < -0.3 is 19.7 Å². The smallest absolute Gasteiger partial charge is 0.224 e. The minimum Gasteiger partial charge on any atom is -0.493 e. The Morgan fingerprint density at radius 2 is 1.79 bits per heavy atom. The van der Waals surface area contributed by atoms with Gasteiger partial charge >= 0.3 is 0 Å². The molecule has 2 aromatic carbocycles. The van der Waals surface area contributed by atoms with Crippen molar-refractivity contribution in [2.45, 2.75) is 26.4 Å². The number of methoxy groups -OCH3 is 2. The van der Waals surface area contributed by atoms with Gasteiger partial charge in [0, 0.05) is 25.8 Å². The largest absolute Gasteiger partial charge is 0.493 e. The fourth-order valence-electron chi connectivity index (χ4n) is 3.67. The zero-order valence-electron chi connectivity index (χ0n) is 17.1. The third kappa shape index (κ3) is 4.11. The molecule has 0 radical (unpaired) electrons. The molecule has 1 aliphatic heterocycles. The molecule has 0 bridgehead atoms. The van der Waals surface area contributed by atoms with E-state index in [2.05, 4.69) is 58.5 Å². The van der Waals surface area contributed by atoms with Gasteiger partial charge in [0.1, 0.15) is 5.82 Å². The van der Waals surface area contributed by atoms with Crippen LogP contribution in [-0.2, 0) is 19.5 Å². The maximum absolute atomic E-state index is 5.47. The van der Waals surface area contributed by atoms with Crippen molar-refractivity contribution in [2.75, 3.05) is 31.0 Å². The first kappa shape index (κ1) is 19.1. The molecule has 0 saturated heterocycles. The Hall–Kier alpha value is -3.28. The van der Waals surface area contributed by atoms with E-state index in [1.807, 2.05) is 12.3 Å². The van der Waals surface area contributed by atoms with Gasteiger partial charge in [0.2, 0.25) is 5.95 Å². The Labute approximate surface area is 171 Å². The van der Waals surface area contributed by atoms with Crippen molar-refractivity contribution in [3.8, 4) is 11.5 Å². The molecule has 1 aliphatic rings. The minimum atomic E-state index is 0.642. The van der Waals surface area contributed by atoms with Crippen LogP contribution in [-0.4, -0.2) is 30.7 Å². The highest BCUT2D eigenvalue weighted by molar-refractivity contribution is 5.52. The minimum absolute atomic E-state index is 0.642. The molecule has 2 heterocycles. The number of fused-ring (bicyclic) bond motifs is 1. The number of hydrogen-bond acceptors (Lipinski definition) is 6. The highest BCUT2D eigenvalue weighted by atomic mass is 16.5. The Kier molecular flexibility index (Phi) is 5.51. The quantitative estimate of drug-likeness (QED) is 0.687. The molecule has 0 spiro atoms. The lowest BCUT2D eigenvalue weighted by molar-refractivity contribution is 0.353. The molecule has 150 valence electrons. The van der Waals surface area contributed by atoms with Crippen molar-refractivity contribution in [1.82, 2.24) is 9.97 Å². The third-order valence-electron chi connectivity index (χ3n) is 5.38. The van der Waals surface area contributed by atoms with E-state index in [1.54, 1.807) is 14.2 Å². The van der Waals surface area contributed by atoms with Crippen LogP contribution in [0.4, 0.5) is 11.8 Å². The molecule has 0 amide bonds. The van der Waals surface area contributed by atoms with E-state index in [1.165, 1.54) is 22.3 Å².